The highest BCUT2D eigenvalue weighted by molar-refractivity contribution is 5.91. The van der Waals surface area contributed by atoms with Crippen LogP contribution in [0, 0.1) is 19.7 Å². The lowest BCUT2D eigenvalue weighted by molar-refractivity contribution is 0.144. The summed E-state index contributed by atoms with van der Waals surface area (Å²) in [6, 6.07) is 8.74. The Balaban J connectivity index is 1.62. The van der Waals surface area contributed by atoms with Gasteiger partial charge in [0.2, 0.25) is 0 Å². The SMILES string of the molecule is Cc1cccc(C)c1Oc1cc2c(N3CCCCC3)nc(-n3cc(OC(=O)O)cn3)nc2cc1F. The van der Waals surface area contributed by atoms with Crippen molar-refractivity contribution in [3.05, 3.63) is 59.7 Å². The van der Waals surface area contributed by atoms with E-state index in [0.29, 0.717) is 22.5 Å². The second-order valence-corrected chi connectivity index (χ2v) is 8.51. The second kappa shape index (κ2) is 9.21. The first-order chi connectivity index (χ1) is 16.9. The number of carbonyl (C=O) groups is 1. The van der Waals surface area contributed by atoms with Crippen molar-refractivity contribution >= 4 is 22.9 Å². The van der Waals surface area contributed by atoms with Crippen molar-refractivity contribution in [2.24, 2.45) is 0 Å². The molecule has 0 bridgehead atoms. The van der Waals surface area contributed by atoms with Crippen molar-refractivity contribution in [1.29, 1.82) is 0 Å². The van der Waals surface area contributed by atoms with Crippen LogP contribution in [0.2, 0.25) is 0 Å². The van der Waals surface area contributed by atoms with Gasteiger partial charge in [0.15, 0.2) is 17.3 Å². The van der Waals surface area contributed by atoms with Crippen LogP contribution in [0.4, 0.5) is 15.0 Å². The molecule has 9 nitrogen and oxygen atoms in total. The molecule has 5 rings (SSSR count). The average Bonchev–Trinajstić information content (AvgIpc) is 3.29. The fourth-order valence-corrected chi connectivity index (χ4v) is 4.27. The van der Waals surface area contributed by atoms with E-state index >= 15 is 4.39 Å². The van der Waals surface area contributed by atoms with Crippen molar-refractivity contribution in [3.63, 3.8) is 0 Å². The zero-order valence-electron chi connectivity index (χ0n) is 19.4. The third-order valence-electron chi connectivity index (χ3n) is 5.96. The van der Waals surface area contributed by atoms with Crippen LogP contribution in [0.15, 0.2) is 42.7 Å². The first kappa shape index (κ1) is 22.6. The summed E-state index contributed by atoms with van der Waals surface area (Å²) in [5, 5.41) is 13.6. The standard InChI is InChI=1S/C25H24FN5O4/c1-15-7-6-8-16(2)22(15)35-21-11-18-20(12-19(21)26)28-24(29-23(18)30-9-4-3-5-10-30)31-14-17(13-27-31)34-25(32)33/h6-8,11-14H,3-5,9-10H2,1-2H3,(H,32,33). The van der Waals surface area contributed by atoms with Gasteiger partial charge in [-0.15, -0.1) is 0 Å². The number of para-hydroxylation sites is 1. The van der Waals surface area contributed by atoms with Gasteiger partial charge in [0.25, 0.3) is 5.95 Å². The Morgan fingerprint density at radius 1 is 1.09 bits per heavy atom. The Labute approximate surface area is 200 Å². The van der Waals surface area contributed by atoms with Crippen LogP contribution in [-0.4, -0.2) is 44.1 Å². The average molecular weight is 477 g/mol. The zero-order valence-corrected chi connectivity index (χ0v) is 19.4. The van der Waals surface area contributed by atoms with E-state index in [9.17, 15) is 4.79 Å². The minimum absolute atomic E-state index is 0.0317. The Morgan fingerprint density at radius 3 is 2.54 bits per heavy atom. The molecule has 0 spiro atoms. The predicted molar refractivity (Wildman–Crippen MR) is 127 cm³/mol. The molecule has 0 amide bonds. The number of fused-ring (bicyclic) bond motifs is 1. The van der Waals surface area contributed by atoms with Crippen molar-refractivity contribution in [2.45, 2.75) is 33.1 Å². The van der Waals surface area contributed by atoms with Crippen molar-refractivity contribution in [1.82, 2.24) is 19.7 Å². The van der Waals surface area contributed by atoms with E-state index in [1.807, 2.05) is 32.0 Å². The van der Waals surface area contributed by atoms with E-state index in [-0.39, 0.29) is 17.4 Å². The number of benzene rings is 2. The third-order valence-corrected chi connectivity index (χ3v) is 5.96. The molecule has 180 valence electrons. The molecule has 2 aromatic carbocycles. The molecule has 1 aliphatic rings. The van der Waals surface area contributed by atoms with Crippen LogP contribution in [0.25, 0.3) is 16.9 Å². The number of anilines is 1. The van der Waals surface area contributed by atoms with E-state index in [1.165, 1.54) is 23.1 Å². The van der Waals surface area contributed by atoms with Gasteiger partial charge in [-0.3, -0.25) is 0 Å². The van der Waals surface area contributed by atoms with Crippen molar-refractivity contribution in [2.75, 3.05) is 18.0 Å². The van der Waals surface area contributed by atoms with Crippen LogP contribution < -0.4 is 14.4 Å². The van der Waals surface area contributed by atoms with E-state index in [4.69, 9.17) is 14.8 Å². The number of hydrogen-bond acceptors (Lipinski definition) is 7. The molecule has 1 N–H and O–H groups in total. The molecule has 0 atom stereocenters. The lowest BCUT2D eigenvalue weighted by Crippen LogP contribution is -2.30. The molecule has 1 saturated heterocycles. The number of ether oxygens (including phenoxy) is 2. The van der Waals surface area contributed by atoms with Gasteiger partial charge < -0.3 is 19.5 Å². The molecule has 0 unspecified atom stereocenters. The lowest BCUT2D eigenvalue weighted by atomic mass is 10.1. The molecule has 1 fully saturated rings. The molecule has 0 saturated carbocycles. The summed E-state index contributed by atoms with van der Waals surface area (Å²) in [5.41, 5.74) is 2.20. The highest BCUT2D eigenvalue weighted by atomic mass is 19.1. The minimum atomic E-state index is -1.45. The molecular weight excluding hydrogens is 453 g/mol. The van der Waals surface area contributed by atoms with Crippen LogP contribution in [0.1, 0.15) is 30.4 Å². The van der Waals surface area contributed by atoms with Gasteiger partial charge in [0.1, 0.15) is 11.6 Å². The highest BCUT2D eigenvalue weighted by Crippen LogP contribution is 2.36. The van der Waals surface area contributed by atoms with Crippen LogP contribution in [0.3, 0.4) is 0 Å². The van der Waals surface area contributed by atoms with E-state index in [1.54, 1.807) is 6.07 Å². The molecule has 35 heavy (non-hydrogen) atoms. The Hall–Kier alpha value is -4.21. The summed E-state index contributed by atoms with van der Waals surface area (Å²) >= 11 is 0. The van der Waals surface area contributed by atoms with Gasteiger partial charge in [-0.05, 0) is 50.3 Å². The number of halogens is 1. The number of nitrogens with zero attached hydrogens (tertiary/aromatic N) is 5. The Kier molecular flexibility index (Phi) is 5.94. The van der Waals surface area contributed by atoms with Gasteiger partial charge in [0.05, 0.1) is 17.9 Å². The maximum Gasteiger partial charge on any atom is 0.511 e. The van der Waals surface area contributed by atoms with Gasteiger partial charge in [-0.2, -0.15) is 10.1 Å². The van der Waals surface area contributed by atoms with Crippen LogP contribution in [-0.2, 0) is 0 Å². The smallest absolute Gasteiger partial charge is 0.454 e. The monoisotopic (exact) mass is 477 g/mol. The summed E-state index contributed by atoms with van der Waals surface area (Å²) in [6.45, 7) is 5.45. The molecule has 0 aliphatic carbocycles. The normalized spacial score (nSPS) is 13.7. The number of carboxylic acid groups (broad SMARTS) is 1. The maximum absolute atomic E-state index is 15.2. The predicted octanol–water partition coefficient (Wildman–Crippen LogP) is 5.41. The summed E-state index contributed by atoms with van der Waals surface area (Å²) < 4.78 is 27.2. The number of rotatable bonds is 5. The number of aromatic nitrogens is 4. The van der Waals surface area contributed by atoms with Crippen LogP contribution >= 0.6 is 0 Å². The Morgan fingerprint density at radius 2 is 1.83 bits per heavy atom. The fourth-order valence-electron chi connectivity index (χ4n) is 4.27. The highest BCUT2D eigenvalue weighted by Gasteiger charge is 2.21. The van der Waals surface area contributed by atoms with E-state index in [0.717, 1.165) is 43.5 Å². The molecule has 10 heteroatoms. The maximum atomic E-state index is 15.2. The van der Waals surface area contributed by atoms with E-state index in [2.05, 4.69) is 19.7 Å². The summed E-state index contributed by atoms with van der Waals surface area (Å²) in [5.74, 6) is 1.02. The largest absolute Gasteiger partial charge is 0.511 e. The van der Waals surface area contributed by atoms with E-state index < -0.39 is 12.0 Å². The first-order valence-corrected chi connectivity index (χ1v) is 11.3. The van der Waals surface area contributed by atoms with Gasteiger partial charge in [0, 0.05) is 24.5 Å². The quantitative estimate of drug-likeness (QED) is 0.381. The van der Waals surface area contributed by atoms with Crippen molar-refractivity contribution < 1.29 is 23.8 Å². The molecule has 3 heterocycles. The topological polar surface area (TPSA) is 103 Å². The minimum Gasteiger partial charge on any atom is -0.454 e. The van der Waals surface area contributed by atoms with Crippen LogP contribution in [0.5, 0.6) is 17.2 Å². The van der Waals surface area contributed by atoms with Crippen molar-refractivity contribution in [3.8, 4) is 23.2 Å². The lowest BCUT2D eigenvalue weighted by Gasteiger charge is -2.29. The molecule has 1 aliphatic heterocycles. The summed E-state index contributed by atoms with van der Waals surface area (Å²) in [4.78, 5) is 22.2. The first-order valence-electron chi connectivity index (χ1n) is 11.3. The zero-order chi connectivity index (χ0) is 24.5. The number of aryl methyl sites for hydroxylation is 2. The summed E-state index contributed by atoms with van der Waals surface area (Å²) in [6.07, 6.45) is 4.35. The molecule has 0 radical (unpaired) electrons. The van der Waals surface area contributed by atoms with Gasteiger partial charge in [-0.25, -0.2) is 18.9 Å². The number of hydrogen-bond donors (Lipinski definition) is 1. The third kappa shape index (κ3) is 4.59. The second-order valence-electron chi connectivity index (χ2n) is 8.51. The van der Waals surface area contributed by atoms with Gasteiger partial charge >= 0.3 is 6.16 Å². The molecule has 4 aromatic rings. The molecule has 2 aromatic heterocycles. The van der Waals surface area contributed by atoms with Gasteiger partial charge in [-0.1, -0.05) is 18.2 Å². The fraction of sp³-hybridized carbons (Fsp3) is 0.280. The number of piperidine rings is 1. The molecular formula is C25H24FN5O4. The Bertz CT molecular complexity index is 1390. The summed E-state index contributed by atoms with van der Waals surface area (Å²) in [7, 11) is 0.